The molecule has 1 aliphatic rings. The number of methoxy groups -OCH3 is 1. The molecule has 0 unspecified atom stereocenters. The van der Waals surface area contributed by atoms with Gasteiger partial charge < -0.3 is 13.7 Å². The summed E-state index contributed by atoms with van der Waals surface area (Å²) in [5, 5.41) is 0. The van der Waals surface area contributed by atoms with Crippen molar-refractivity contribution in [2.75, 3.05) is 7.11 Å². The van der Waals surface area contributed by atoms with E-state index in [4.69, 9.17) is 13.7 Å². The van der Waals surface area contributed by atoms with Gasteiger partial charge in [-0.05, 0) is 11.6 Å². The van der Waals surface area contributed by atoms with Gasteiger partial charge in [0.05, 0.1) is 7.11 Å². The highest BCUT2D eigenvalue weighted by atomic mass is 32.2. The third-order valence-electron chi connectivity index (χ3n) is 3.21. The highest BCUT2D eigenvalue weighted by molar-refractivity contribution is 7.85. The Hall–Kier alpha value is -2.25. The predicted molar refractivity (Wildman–Crippen MR) is 80.2 cm³/mol. The van der Waals surface area contributed by atoms with Crippen molar-refractivity contribution in [2.45, 2.75) is 13.2 Å². The van der Waals surface area contributed by atoms with Crippen LogP contribution in [0.5, 0.6) is 17.2 Å². The van der Waals surface area contributed by atoms with Crippen molar-refractivity contribution in [1.29, 1.82) is 0 Å². The Morgan fingerprint density at radius 2 is 2.00 bits per heavy atom. The molecule has 0 aliphatic carbocycles. The van der Waals surface area contributed by atoms with E-state index >= 15 is 0 Å². The quantitative estimate of drug-likeness (QED) is 0.932. The van der Waals surface area contributed by atoms with Gasteiger partial charge in [0.2, 0.25) is 0 Å². The normalized spacial score (nSPS) is 15.5. The second-order valence-electron chi connectivity index (χ2n) is 4.75. The van der Waals surface area contributed by atoms with Crippen LogP contribution in [-0.4, -0.2) is 15.5 Å². The summed E-state index contributed by atoms with van der Waals surface area (Å²) in [6.45, 7) is 0.548. The molecule has 0 aromatic heterocycles. The van der Waals surface area contributed by atoms with Gasteiger partial charge in [0.25, 0.3) is 0 Å². The minimum Gasteiger partial charge on any atom is -0.493 e. The first-order valence-corrected chi connectivity index (χ1v) is 8.05. The second-order valence-corrected chi connectivity index (χ2v) is 6.11. The number of hydrogen-bond acceptors (Lipinski definition) is 5. The third kappa shape index (κ3) is 3.15. The zero-order valence-corrected chi connectivity index (χ0v) is 12.7. The van der Waals surface area contributed by atoms with E-state index in [2.05, 4.69) is 4.72 Å². The van der Waals surface area contributed by atoms with Crippen molar-refractivity contribution in [1.82, 2.24) is 4.72 Å². The van der Waals surface area contributed by atoms with Crippen molar-refractivity contribution in [3.8, 4) is 17.2 Å². The van der Waals surface area contributed by atoms with Crippen molar-refractivity contribution in [3.63, 3.8) is 0 Å². The first-order chi connectivity index (χ1) is 10.6. The molecule has 0 amide bonds. The van der Waals surface area contributed by atoms with Crippen molar-refractivity contribution >= 4 is 10.3 Å². The zero-order valence-electron chi connectivity index (χ0n) is 11.9. The van der Waals surface area contributed by atoms with E-state index in [1.165, 1.54) is 7.11 Å². The molecular formula is C15H15NO5S. The van der Waals surface area contributed by atoms with Crippen LogP contribution in [-0.2, 0) is 23.5 Å². The average Bonchev–Trinajstić information content (AvgIpc) is 2.52. The lowest BCUT2D eigenvalue weighted by molar-refractivity contribution is 0.301. The van der Waals surface area contributed by atoms with E-state index in [0.29, 0.717) is 23.7 Å². The maximum atomic E-state index is 11.5. The molecule has 0 saturated heterocycles. The molecule has 1 N–H and O–H groups in total. The second kappa shape index (κ2) is 5.86. The lowest BCUT2D eigenvalue weighted by atomic mass is 10.1. The molecule has 2 aromatic rings. The fourth-order valence-corrected chi connectivity index (χ4v) is 2.94. The summed E-state index contributed by atoms with van der Waals surface area (Å²) >= 11 is 0. The Labute approximate surface area is 128 Å². The maximum absolute atomic E-state index is 11.5. The van der Waals surface area contributed by atoms with E-state index in [0.717, 1.165) is 5.56 Å². The minimum absolute atomic E-state index is 0.135. The van der Waals surface area contributed by atoms with Crippen LogP contribution in [0.1, 0.15) is 11.1 Å². The smallest absolute Gasteiger partial charge is 0.383 e. The molecule has 6 nitrogen and oxygen atoms in total. The van der Waals surface area contributed by atoms with Crippen LogP contribution in [0.25, 0.3) is 0 Å². The Morgan fingerprint density at radius 3 is 2.73 bits per heavy atom. The van der Waals surface area contributed by atoms with Crippen LogP contribution in [0.15, 0.2) is 42.5 Å². The summed E-state index contributed by atoms with van der Waals surface area (Å²) in [5.41, 5.74) is 1.70. The Balaban J connectivity index is 1.85. The highest BCUT2D eigenvalue weighted by Crippen LogP contribution is 2.38. The van der Waals surface area contributed by atoms with Crippen molar-refractivity contribution in [2.24, 2.45) is 0 Å². The van der Waals surface area contributed by atoms with Gasteiger partial charge in [-0.25, -0.2) is 0 Å². The fourth-order valence-electron chi connectivity index (χ4n) is 2.14. The van der Waals surface area contributed by atoms with E-state index in [1.807, 2.05) is 30.3 Å². The summed E-state index contributed by atoms with van der Waals surface area (Å²) in [7, 11) is -2.31. The molecule has 0 spiro atoms. The molecule has 0 radical (unpaired) electrons. The monoisotopic (exact) mass is 321 g/mol. The molecule has 0 bridgehead atoms. The summed E-state index contributed by atoms with van der Waals surface area (Å²) < 4.78 is 41.1. The van der Waals surface area contributed by atoms with Crippen molar-refractivity contribution in [3.05, 3.63) is 53.6 Å². The molecule has 116 valence electrons. The predicted octanol–water partition coefficient (Wildman–Crippen LogP) is 2.00. The lowest BCUT2D eigenvalue weighted by Crippen LogP contribution is -2.32. The number of benzene rings is 2. The van der Waals surface area contributed by atoms with E-state index in [1.54, 1.807) is 12.1 Å². The molecule has 2 aromatic carbocycles. The number of fused-ring (bicyclic) bond motifs is 1. The van der Waals surface area contributed by atoms with Gasteiger partial charge in [-0.1, -0.05) is 30.3 Å². The topological polar surface area (TPSA) is 73.9 Å². The molecule has 7 heteroatoms. The SMILES string of the molecule is COc1cc(OCc2ccccc2)cc2c1OS(=O)(=O)NC2. The summed E-state index contributed by atoms with van der Waals surface area (Å²) in [6.07, 6.45) is 0. The van der Waals surface area contributed by atoms with E-state index < -0.39 is 10.3 Å². The Bertz CT molecular complexity index is 757. The van der Waals surface area contributed by atoms with Gasteiger partial charge in [-0.15, -0.1) is 0 Å². The van der Waals surface area contributed by atoms with Gasteiger partial charge in [-0.3, -0.25) is 0 Å². The summed E-state index contributed by atoms with van der Waals surface area (Å²) in [4.78, 5) is 0. The number of rotatable bonds is 4. The van der Waals surface area contributed by atoms with Crippen LogP contribution in [0, 0.1) is 0 Å². The van der Waals surface area contributed by atoms with Crippen LogP contribution >= 0.6 is 0 Å². The van der Waals surface area contributed by atoms with Gasteiger partial charge in [-0.2, -0.15) is 13.1 Å². The molecule has 22 heavy (non-hydrogen) atoms. The first-order valence-electron chi connectivity index (χ1n) is 6.64. The standard InChI is InChI=1S/C15H15NO5S/c1-19-14-8-13(20-10-11-5-3-2-4-6-11)7-12-9-16-22(17,18)21-15(12)14/h2-8,16H,9-10H2,1H3. The molecule has 0 atom stereocenters. The van der Waals surface area contributed by atoms with E-state index in [-0.39, 0.29) is 12.3 Å². The van der Waals surface area contributed by atoms with Crippen LogP contribution in [0.2, 0.25) is 0 Å². The summed E-state index contributed by atoms with van der Waals surface area (Å²) in [6, 6.07) is 13.1. The Kier molecular flexibility index (Phi) is 3.91. The minimum atomic E-state index is -3.77. The third-order valence-corrected chi connectivity index (χ3v) is 4.09. The van der Waals surface area contributed by atoms with Gasteiger partial charge in [0, 0.05) is 18.2 Å². The molecule has 1 aliphatic heterocycles. The molecular weight excluding hydrogens is 306 g/mol. The number of nitrogens with one attached hydrogen (secondary N) is 1. The number of hydrogen-bond donors (Lipinski definition) is 1. The van der Waals surface area contributed by atoms with Gasteiger partial charge >= 0.3 is 10.3 Å². The molecule has 0 fully saturated rings. The molecule has 1 heterocycles. The van der Waals surface area contributed by atoms with Crippen LogP contribution < -0.4 is 18.4 Å². The van der Waals surface area contributed by atoms with Crippen molar-refractivity contribution < 1.29 is 22.1 Å². The zero-order chi connectivity index (χ0) is 15.6. The van der Waals surface area contributed by atoms with Crippen LogP contribution in [0.4, 0.5) is 0 Å². The van der Waals surface area contributed by atoms with Gasteiger partial charge in [0.1, 0.15) is 12.4 Å². The Morgan fingerprint density at radius 1 is 1.23 bits per heavy atom. The van der Waals surface area contributed by atoms with Gasteiger partial charge in [0.15, 0.2) is 11.5 Å². The maximum Gasteiger partial charge on any atom is 0.383 e. The lowest BCUT2D eigenvalue weighted by Gasteiger charge is -2.21. The average molecular weight is 321 g/mol. The summed E-state index contributed by atoms with van der Waals surface area (Å²) in [5.74, 6) is 1.11. The first kappa shape index (κ1) is 14.7. The van der Waals surface area contributed by atoms with Crippen LogP contribution in [0.3, 0.4) is 0 Å². The highest BCUT2D eigenvalue weighted by Gasteiger charge is 2.26. The number of ether oxygens (including phenoxy) is 2. The fraction of sp³-hybridized carbons (Fsp3) is 0.200. The molecule has 3 rings (SSSR count). The van der Waals surface area contributed by atoms with E-state index in [9.17, 15) is 8.42 Å². The molecule has 0 saturated carbocycles. The largest absolute Gasteiger partial charge is 0.493 e.